The summed E-state index contributed by atoms with van der Waals surface area (Å²) in [5.41, 5.74) is 0. The van der Waals surface area contributed by atoms with Crippen molar-refractivity contribution in [3.63, 3.8) is 0 Å². The van der Waals surface area contributed by atoms with Crippen LogP contribution in [0.3, 0.4) is 0 Å². The Hall–Kier alpha value is -0.800. The molecule has 0 aliphatic heterocycles. The Kier molecular flexibility index (Phi) is 5.51. The van der Waals surface area contributed by atoms with Gasteiger partial charge in [0.25, 0.3) is 0 Å². The minimum absolute atomic E-state index is 0.306. The number of hydrogen-bond acceptors (Lipinski definition) is 2. The van der Waals surface area contributed by atoms with Gasteiger partial charge < -0.3 is 0 Å². The Bertz CT molecular complexity index is 117. The highest BCUT2D eigenvalue weighted by atomic mass is 16.7. The van der Waals surface area contributed by atoms with Gasteiger partial charge in [-0.15, -0.1) is 5.01 Å². The largest absolute Gasteiger partial charge is 0.235 e. The lowest BCUT2D eigenvalue weighted by Crippen LogP contribution is -2.31. The molecule has 0 rings (SSSR count). The fourth-order valence-electron chi connectivity index (χ4n) is 0.874. The minimum atomic E-state index is -0.306. The summed E-state index contributed by atoms with van der Waals surface area (Å²) < 4.78 is 0. The van der Waals surface area contributed by atoms with E-state index < -0.39 is 0 Å². The van der Waals surface area contributed by atoms with Gasteiger partial charge in [-0.2, -0.15) is 0 Å². The number of nitrogens with zero attached hydrogens (tertiary/aromatic N) is 2. The zero-order valence-corrected chi connectivity index (χ0v) is 7.25. The molecule has 0 atom stereocenters. The Morgan fingerprint density at radius 1 is 1.27 bits per heavy atom. The Labute approximate surface area is 67.3 Å². The van der Waals surface area contributed by atoms with Gasteiger partial charge >= 0.3 is 0 Å². The second kappa shape index (κ2) is 5.95. The molecule has 0 aliphatic carbocycles. The molecule has 0 unspecified atom stereocenters. The van der Waals surface area contributed by atoms with Crippen LogP contribution in [0.2, 0.25) is 0 Å². The van der Waals surface area contributed by atoms with Crippen molar-refractivity contribution in [3.8, 4) is 0 Å². The topological polar surface area (TPSA) is 46.4 Å². The molecule has 0 aromatic heterocycles. The van der Waals surface area contributed by atoms with Gasteiger partial charge in [0, 0.05) is 0 Å². The van der Waals surface area contributed by atoms with Crippen LogP contribution in [0.25, 0.3) is 0 Å². The molecular formula is C7H16N2O2. The molecule has 0 spiro atoms. The van der Waals surface area contributed by atoms with E-state index in [-0.39, 0.29) is 5.03 Å². The molecule has 0 aliphatic rings. The SMILES string of the molecule is CCCCN(CCC)[N+](=O)[O-]. The summed E-state index contributed by atoms with van der Waals surface area (Å²) in [7, 11) is 0. The molecule has 0 N–H and O–H groups in total. The van der Waals surface area contributed by atoms with Gasteiger partial charge in [-0.3, -0.25) is 0 Å². The summed E-state index contributed by atoms with van der Waals surface area (Å²) in [5.74, 6) is 0. The van der Waals surface area contributed by atoms with Crippen LogP contribution in [-0.4, -0.2) is 23.1 Å². The number of hydrazine groups is 1. The standard InChI is InChI=1S/C7H16N2O2/c1-3-5-7-8(6-4-2)9(10)11/h3-7H2,1-2H3. The van der Waals surface area contributed by atoms with E-state index in [4.69, 9.17) is 0 Å². The molecule has 4 heteroatoms. The molecule has 66 valence electrons. The fraction of sp³-hybridized carbons (Fsp3) is 1.00. The first-order valence-electron chi connectivity index (χ1n) is 4.11. The van der Waals surface area contributed by atoms with Crippen molar-refractivity contribution in [1.82, 2.24) is 5.01 Å². The van der Waals surface area contributed by atoms with Crippen LogP contribution in [0.4, 0.5) is 0 Å². The molecule has 0 aromatic carbocycles. The van der Waals surface area contributed by atoms with Gasteiger partial charge in [0.05, 0.1) is 13.1 Å². The summed E-state index contributed by atoms with van der Waals surface area (Å²) in [6.07, 6.45) is 2.75. The maximum absolute atomic E-state index is 10.3. The number of nitro groups is 1. The summed E-state index contributed by atoms with van der Waals surface area (Å²) in [5, 5.41) is 11.3. The van der Waals surface area contributed by atoms with Crippen molar-refractivity contribution in [2.24, 2.45) is 0 Å². The summed E-state index contributed by atoms with van der Waals surface area (Å²) in [4.78, 5) is 10.3. The van der Waals surface area contributed by atoms with Crippen LogP contribution in [0, 0.1) is 10.1 Å². The van der Waals surface area contributed by atoms with E-state index in [1.54, 1.807) is 0 Å². The van der Waals surface area contributed by atoms with Gasteiger partial charge in [-0.1, -0.05) is 20.3 Å². The third kappa shape index (κ3) is 4.58. The first-order valence-corrected chi connectivity index (χ1v) is 4.11. The molecule has 0 saturated heterocycles. The third-order valence-corrected chi connectivity index (χ3v) is 1.48. The Morgan fingerprint density at radius 3 is 2.27 bits per heavy atom. The van der Waals surface area contributed by atoms with Crippen LogP contribution in [-0.2, 0) is 0 Å². The molecule has 0 bridgehead atoms. The number of unbranched alkanes of at least 4 members (excludes halogenated alkanes) is 1. The van der Waals surface area contributed by atoms with E-state index in [2.05, 4.69) is 0 Å². The highest BCUT2D eigenvalue weighted by Crippen LogP contribution is 1.96. The number of rotatable bonds is 6. The lowest BCUT2D eigenvalue weighted by Gasteiger charge is -2.11. The average Bonchev–Trinajstić information content (AvgIpc) is 1.97. The molecule has 0 saturated carbocycles. The van der Waals surface area contributed by atoms with Crippen molar-refractivity contribution in [2.75, 3.05) is 13.1 Å². The first-order chi connectivity index (χ1) is 5.22. The van der Waals surface area contributed by atoms with Crippen molar-refractivity contribution in [2.45, 2.75) is 33.1 Å². The monoisotopic (exact) mass is 160 g/mol. The summed E-state index contributed by atoms with van der Waals surface area (Å²) >= 11 is 0. The molecule has 4 nitrogen and oxygen atoms in total. The van der Waals surface area contributed by atoms with E-state index >= 15 is 0 Å². The van der Waals surface area contributed by atoms with E-state index in [1.807, 2.05) is 13.8 Å². The van der Waals surface area contributed by atoms with Crippen LogP contribution in [0.1, 0.15) is 33.1 Å². The maximum atomic E-state index is 10.3. The number of hydrogen-bond donors (Lipinski definition) is 0. The Balaban J connectivity index is 3.60. The van der Waals surface area contributed by atoms with Gasteiger partial charge in [0.15, 0.2) is 5.03 Å². The van der Waals surface area contributed by atoms with Crippen molar-refractivity contribution in [3.05, 3.63) is 10.1 Å². The zero-order chi connectivity index (χ0) is 8.69. The molecule has 11 heavy (non-hydrogen) atoms. The van der Waals surface area contributed by atoms with Crippen LogP contribution >= 0.6 is 0 Å². The van der Waals surface area contributed by atoms with E-state index in [9.17, 15) is 10.1 Å². The molecule has 0 heterocycles. The lowest BCUT2D eigenvalue weighted by molar-refractivity contribution is -0.655. The maximum Gasteiger partial charge on any atom is 0.160 e. The first kappa shape index (κ1) is 10.2. The van der Waals surface area contributed by atoms with Gasteiger partial charge in [0.1, 0.15) is 0 Å². The molecule has 0 aromatic rings. The highest BCUT2D eigenvalue weighted by molar-refractivity contribution is 4.43. The predicted octanol–water partition coefficient (Wildman–Crippen LogP) is 1.69. The van der Waals surface area contributed by atoms with E-state index in [0.29, 0.717) is 13.1 Å². The Morgan fingerprint density at radius 2 is 1.91 bits per heavy atom. The van der Waals surface area contributed by atoms with Crippen LogP contribution < -0.4 is 0 Å². The average molecular weight is 160 g/mol. The van der Waals surface area contributed by atoms with Crippen LogP contribution in [0.15, 0.2) is 0 Å². The molecule has 0 fully saturated rings. The van der Waals surface area contributed by atoms with E-state index in [0.717, 1.165) is 19.3 Å². The zero-order valence-electron chi connectivity index (χ0n) is 7.25. The van der Waals surface area contributed by atoms with Gasteiger partial charge in [-0.05, 0) is 12.8 Å². The second-order valence-electron chi connectivity index (χ2n) is 2.55. The molecular weight excluding hydrogens is 144 g/mol. The van der Waals surface area contributed by atoms with E-state index in [1.165, 1.54) is 5.01 Å². The molecule has 0 radical (unpaired) electrons. The van der Waals surface area contributed by atoms with Gasteiger partial charge in [0.2, 0.25) is 0 Å². The predicted molar refractivity (Wildman–Crippen MR) is 43.8 cm³/mol. The van der Waals surface area contributed by atoms with Gasteiger partial charge in [-0.25, -0.2) is 10.1 Å². The highest BCUT2D eigenvalue weighted by Gasteiger charge is 2.10. The second-order valence-corrected chi connectivity index (χ2v) is 2.55. The quantitative estimate of drug-likeness (QED) is 0.438. The van der Waals surface area contributed by atoms with Crippen molar-refractivity contribution >= 4 is 0 Å². The smallest absolute Gasteiger partial charge is 0.160 e. The normalized spacial score (nSPS) is 9.64. The van der Waals surface area contributed by atoms with Crippen molar-refractivity contribution in [1.29, 1.82) is 0 Å². The van der Waals surface area contributed by atoms with Crippen LogP contribution in [0.5, 0.6) is 0 Å². The van der Waals surface area contributed by atoms with Crippen molar-refractivity contribution < 1.29 is 5.03 Å². The third-order valence-electron chi connectivity index (χ3n) is 1.48. The fourth-order valence-corrected chi connectivity index (χ4v) is 0.874. The minimum Gasteiger partial charge on any atom is -0.235 e. The molecule has 0 amide bonds. The summed E-state index contributed by atoms with van der Waals surface area (Å²) in [6, 6.07) is 0. The summed E-state index contributed by atoms with van der Waals surface area (Å²) in [6.45, 7) is 5.12. The lowest BCUT2D eigenvalue weighted by atomic mass is 10.3.